The Morgan fingerprint density at radius 3 is 2.23 bits per heavy atom. The lowest BCUT2D eigenvalue weighted by molar-refractivity contribution is -0.364. The van der Waals surface area contributed by atoms with Gasteiger partial charge in [-0.3, -0.25) is 9.11 Å². The molecule has 3 fully saturated rings. The zero-order valence-electron chi connectivity index (χ0n) is 19.5. The van der Waals surface area contributed by atoms with E-state index in [1.165, 1.54) is 14.2 Å². The summed E-state index contributed by atoms with van der Waals surface area (Å²) < 4.78 is 90.0. The van der Waals surface area contributed by atoms with Crippen LogP contribution in [0.5, 0.6) is 0 Å². The van der Waals surface area contributed by atoms with Crippen LogP contribution >= 0.6 is 0 Å². The molecule has 0 bridgehead atoms. The van der Waals surface area contributed by atoms with Crippen molar-refractivity contribution in [3.63, 3.8) is 0 Å². The summed E-state index contributed by atoms with van der Waals surface area (Å²) in [6.07, 6.45) is -8.55. The van der Waals surface area contributed by atoms with Crippen LogP contribution < -0.4 is 0 Å². The van der Waals surface area contributed by atoms with Crippen molar-refractivity contribution < 1.29 is 68.7 Å². The average molecular weight is 551 g/mol. The zero-order valence-corrected chi connectivity index (χ0v) is 21.2. The van der Waals surface area contributed by atoms with Crippen molar-refractivity contribution in [3.8, 4) is 0 Å². The van der Waals surface area contributed by atoms with Crippen molar-refractivity contribution >= 4 is 27.7 Å². The van der Waals surface area contributed by atoms with Crippen molar-refractivity contribution in [3.05, 3.63) is 0 Å². The van der Waals surface area contributed by atoms with Crippen LogP contribution in [0.1, 0.15) is 27.2 Å². The van der Waals surface area contributed by atoms with Crippen LogP contribution in [-0.4, -0.2) is 95.7 Å². The van der Waals surface area contributed by atoms with Gasteiger partial charge < -0.3 is 28.8 Å². The number of carbonyl (C=O) groups is 1. The summed E-state index contributed by atoms with van der Waals surface area (Å²) in [5.74, 6) is -2.59. The Morgan fingerprint density at radius 1 is 1.09 bits per heavy atom. The van der Waals surface area contributed by atoms with Gasteiger partial charge in [0.15, 0.2) is 30.9 Å². The molecule has 2 saturated heterocycles. The van der Waals surface area contributed by atoms with Crippen LogP contribution in [0, 0.1) is 17.8 Å². The smallest absolute Gasteiger partial charge is 0.397 e. The lowest BCUT2D eigenvalue weighted by Gasteiger charge is -2.44. The number of hydrogen-bond donors (Lipinski definition) is 3. The number of aliphatic carboxylic acids is 1. The van der Waals surface area contributed by atoms with E-state index >= 15 is 0 Å². The van der Waals surface area contributed by atoms with Crippen LogP contribution in [0.2, 0.25) is 0 Å². The Bertz CT molecular complexity index is 898. The molecule has 0 aromatic heterocycles. The molecule has 204 valence electrons. The number of rotatable bonds is 11. The Morgan fingerprint density at radius 2 is 1.74 bits per heavy atom. The number of carboxylic acids is 1. The van der Waals surface area contributed by atoms with Crippen LogP contribution in [-0.2, 0) is 63.6 Å². The lowest BCUT2D eigenvalue weighted by Crippen LogP contribution is -2.61. The highest BCUT2D eigenvalue weighted by molar-refractivity contribution is 7.80. The summed E-state index contributed by atoms with van der Waals surface area (Å²) in [7, 11) is -2.48. The van der Waals surface area contributed by atoms with Crippen molar-refractivity contribution in [1.29, 1.82) is 0 Å². The quantitative estimate of drug-likeness (QED) is 0.133. The molecule has 0 radical (unpaired) electrons. The standard InChI is InChI=1S/C18H30O15S2/c1-6-8-11(26-4)13(31-33-34(21)22)14(32-35(23,24)25)17(28-8)30-18(3)9-7(2)16(27-5)29-12(10(9)18)15(19)20/h7-14,16-17H,6H2,1-5H3,(H,19,20)(H,21,22)(H,23,24,25)/t7?,8?,9-,10+,11-,12?,13+,14?,16+,17+,18?/m1/s1. The van der Waals surface area contributed by atoms with Crippen LogP contribution in [0.25, 0.3) is 0 Å². The van der Waals surface area contributed by atoms with Crippen LogP contribution in [0.3, 0.4) is 0 Å². The molecular weight excluding hydrogens is 520 g/mol. The highest BCUT2D eigenvalue weighted by atomic mass is 32.3. The van der Waals surface area contributed by atoms with Gasteiger partial charge in [0.05, 0.1) is 11.7 Å². The zero-order chi connectivity index (χ0) is 26.3. The molecule has 2 aliphatic heterocycles. The number of carboxylic acid groups (broad SMARTS) is 1. The normalized spacial score (nSPS) is 44.4. The SMILES string of the molecule is CCC1O[C@@H](OC2(C)[C@@H]3C(C(=O)O)O[C@H](OC)C(C)[C@H]32)C(OS(=O)(=O)O)[C@@H](OOS(=O)O)[C@@H]1OC. The molecule has 3 N–H and O–H groups in total. The molecule has 1 aliphatic carbocycles. The fourth-order valence-corrected chi connectivity index (χ4v) is 5.96. The van der Waals surface area contributed by atoms with Gasteiger partial charge in [0.25, 0.3) is 0 Å². The summed E-state index contributed by atoms with van der Waals surface area (Å²) in [5.41, 5.74) is -1.20. The van der Waals surface area contributed by atoms with Crippen molar-refractivity contribution in [1.82, 2.24) is 0 Å². The molecule has 35 heavy (non-hydrogen) atoms. The van der Waals surface area contributed by atoms with Crippen molar-refractivity contribution in [2.24, 2.45) is 17.8 Å². The predicted octanol–water partition coefficient (Wildman–Crippen LogP) is -0.109. The molecule has 0 spiro atoms. The van der Waals surface area contributed by atoms with E-state index in [9.17, 15) is 27.1 Å². The minimum atomic E-state index is -5.12. The highest BCUT2D eigenvalue weighted by Crippen LogP contribution is 2.63. The van der Waals surface area contributed by atoms with Gasteiger partial charge in [-0.05, 0) is 13.3 Å². The second-order valence-corrected chi connectivity index (χ2v) is 10.3. The van der Waals surface area contributed by atoms with Gasteiger partial charge in [-0.1, -0.05) is 13.8 Å². The van der Waals surface area contributed by atoms with Gasteiger partial charge in [-0.25, -0.2) is 13.9 Å². The molecule has 2 heterocycles. The third kappa shape index (κ3) is 5.86. The molecule has 0 aromatic rings. The molecule has 6 unspecified atom stereocenters. The van der Waals surface area contributed by atoms with Crippen LogP contribution in [0.4, 0.5) is 0 Å². The number of hydrogen-bond acceptors (Lipinski definition) is 12. The molecule has 1 saturated carbocycles. The lowest BCUT2D eigenvalue weighted by atomic mass is 9.96. The monoisotopic (exact) mass is 550 g/mol. The molecular formula is C18H30O15S2. The summed E-state index contributed by atoms with van der Waals surface area (Å²) in [6, 6.07) is 0. The molecule has 12 atom stereocenters. The highest BCUT2D eigenvalue weighted by Gasteiger charge is 2.74. The van der Waals surface area contributed by atoms with E-state index in [1.54, 1.807) is 20.8 Å². The minimum Gasteiger partial charge on any atom is -0.479 e. The van der Waals surface area contributed by atoms with Gasteiger partial charge in [-0.15, -0.1) is 4.33 Å². The first kappa shape index (κ1) is 28.7. The molecule has 3 rings (SSSR count). The van der Waals surface area contributed by atoms with Gasteiger partial charge >= 0.3 is 27.7 Å². The van der Waals surface area contributed by atoms with Gasteiger partial charge in [0.1, 0.15) is 6.10 Å². The van der Waals surface area contributed by atoms with E-state index in [4.69, 9.17) is 37.3 Å². The number of fused-ring (bicyclic) bond motifs is 1. The second-order valence-electron chi connectivity index (χ2n) is 8.70. The maximum Gasteiger partial charge on any atom is 0.397 e. The summed E-state index contributed by atoms with van der Waals surface area (Å²) in [5, 5.41) is 9.68. The van der Waals surface area contributed by atoms with E-state index in [0.717, 1.165) is 0 Å². The number of methoxy groups -OCH3 is 2. The molecule has 0 aromatic carbocycles. The first-order valence-corrected chi connectivity index (χ1v) is 13.1. The maximum atomic E-state index is 11.9. The Balaban J connectivity index is 1.95. The molecule has 17 heteroatoms. The van der Waals surface area contributed by atoms with E-state index in [2.05, 4.69) is 4.33 Å². The Hall–Kier alpha value is -0.830. The molecule has 15 nitrogen and oxygen atoms in total. The third-order valence-corrected chi connectivity index (χ3v) is 7.42. The largest absolute Gasteiger partial charge is 0.479 e. The summed E-state index contributed by atoms with van der Waals surface area (Å²) in [4.78, 5) is 16.8. The fraction of sp³-hybridized carbons (Fsp3) is 0.944. The summed E-state index contributed by atoms with van der Waals surface area (Å²) >= 11 is -2.90. The van der Waals surface area contributed by atoms with E-state index in [1.807, 2.05) is 0 Å². The fourth-order valence-electron chi connectivity index (χ4n) is 5.32. The van der Waals surface area contributed by atoms with Gasteiger partial charge in [0.2, 0.25) is 0 Å². The van der Waals surface area contributed by atoms with E-state index < -0.39 is 88.3 Å². The first-order chi connectivity index (χ1) is 16.3. The maximum absolute atomic E-state index is 11.9. The average Bonchev–Trinajstić information content (AvgIpc) is 3.37. The topological polar surface area (TPSA) is 203 Å². The molecule has 3 aliphatic rings. The molecule has 0 amide bonds. The van der Waals surface area contributed by atoms with Crippen molar-refractivity contribution in [2.45, 2.75) is 75.9 Å². The number of ether oxygens (including phenoxy) is 5. The predicted molar refractivity (Wildman–Crippen MR) is 112 cm³/mol. The minimum absolute atomic E-state index is 0.297. The van der Waals surface area contributed by atoms with Gasteiger partial charge in [0, 0.05) is 32.0 Å². The Kier molecular flexibility index (Phi) is 8.93. The first-order valence-electron chi connectivity index (χ1n) is 10.7. The third-order valence-electron chi connectivity index (χ3n) is 6.76. The van der Waals surface area contributed by atoms with E-state index in [-0.39, 0.29) is 5.92 Å². The van der Waals surface area contributed by atoms with Crippen molar-refractivity contribution in [2.75, 3.05) is 14.2 Å². The second kappa shape index (κ2) is 10.9. The Labute approximate surface area is 204 Å². The van der Waals surface area contributed by atoms with E-state index in [0.29, 0.717) is 6.42 Å². The summed E-state index contributed by atoms with van der Waals surface area (Å²) in [6.45, 7) is 5.12. The van der Waals surface area contributed by atoms with Crippen LogP contribution in [0.15, 0.2) is 0 Å². The van der Waals surface area contributed by atoms with Gasteiger partial charge in [-0.2, -0.15) is 12.6 Å².